The summed E-state index contributed by atoms with van der Waals surface area (Å²) in [6.07, 6.45) is 2.26. The number of carbonyl (C=O) groups excluding carboxylic acids is 1. The lowest BCUT2D eigenvalue weighted by Crippen LogP contribution is -2.23. The zero-order valence-electron chi connectivity index (χ0n) is 9.90. The first-order valence-electron chi connectivity index (χ1n) is 5.60. The molecule has 2 N–H and O–H groups in total. The van der Waals surface area contributed by atoms with Crippen LogP contribution in [0.3, 0.4) is 0 Å². The molecule has 1 aromatic rings. The largest absolute Gasteiger partial charge is 0.496 e. The second kappa shape index (κ2) is 6.28. The van der Waals surface area contributed by atoms with Crippen molar-refractivity contribution in [3.8, 4) is 5.75 Å². The van der Waals surface area contributed by atoms with E-state index in [4.69, 9.17) is 10.5 Å². The number of ether oxygens (including phenoxy) is 1. The third-order valence-corrected chi connectivity index (χ3v) is 2.51. The van der Waals surface area contributed by atoms with Gasteiger partial charge < -0.3 is 10.5 Å². The van der Waals surface area contributed by atoms with Crippen LogP contribution in [0.4, 0.5) is 0 Å². The SMILES string of the molecule is CCCC(N)CC(=O)c1ccccc1OC. The van der Waals surface area contributed by atoms with E-state index in [2.05, 4.69) is 6.92 Å². The van der Waals surface area contributed by atoms with Crippen LogP contribution in [-0.2, 0) is 0 Å². The third-order valence-electron chi connectivity index (χ3n) is 2.51. The van der Waals surface area contributed by atoms with Gasteiger partial charge in [0.05, 0.1) is 12.7 Å². The van der Waals surface area contributed by atoms with Crippen LogP contribution in [0, 0.1) is 0 Å². The smallest absolute Gasteiger partial charge is 0.168 e. The van der Waals surface area contributed by atoms with E-state index in [1.807, 2.05) is 12.1 Å². The van der Waals surface area contributed by atoms with Crippen molar-refractivity contribution >= 4 is 5.78 Å². The second-order valence-corrected chi connectivity index (χ2v) is 3.88. The number of methoxy groups -OCH3 is 1. The predicted octanol–water partition coefficient (Wildman–Crippen LogP) is 2.40. The highest BCUT2D eigenvalue weighted by molar-refractivity contribution is 5.98. The summed E-state index contributed by atoms with van der Waals surface area (Å²) >= 11 is 0. The van der Waals surface area contributed by atoms with Gasteiger partial charge >= 0.3 is 0 Å². The lowest BCUT2D eigenvalue weighted by atomic mass is 10.0. The molecule has 0 fully saturated rings. The van der Waals surface area contributed by atoms with E-state index in [0.29, 0.717) is 17.7 Å². The van der Waals surface area contributed by atoms with Crippen molar-refractivity contribution < 1.29 is 9.53 Å². The molecule has 0 aromatic heterocycles. The minimum absolute atomic E-state index is 0.0533. The maximum absolute atomic E-state index is 11.9. The summed E-state index contributed by atoms with van der Waals surface area (Å²) in [5, 5.41) is 0. The van der Waals surface area contributed by atoms with Crippen LogP contribution in [0.15, 0.2) is 24.3 Å². The van der Waals surface area contributed by atoms with Gasteiger partial charge in [-0.1, -0.05) is 25.5 Å². The van der Waals surface area contributed by atoms with Crippen molar-refractivity contribution in [1.82, 2.24) is 0 Å². The summed E-state index contributed by atoms with van der Waals surface area (Å²) in [6.45, 7) is 2.06. The van der Waals surface area contributed by atoms with Crippen molar-refractivity contribution in [2.75, 3.05) is 7.11 Å². The number of para-hydroxylation sites is 1. The zero-order chi connectivity index (χ0) is 12.0. The molecule has 0 aliphatic heterocycles. The van der Waals surface area contributed by atoms with Crippen LogP contribution in [0.2, 0.25) is 0 Å². The molecule has 1 atom stereocenters. The fourth-order valence-electron chi connectivity index (χ4n) is 1.70. The van der Waals surface area contributed by atoms with Gasteiger partial charge in [-0.3, -0.25) is 4.79 Å². The molecule has 0 amide bonds. The zero-order valence-corrected chi connectivity index (χ0v) is 9.90. The fourth-order valence-corrected chi connectivity index (χ4v) is 1.70. The van der Waals surface area contributed by atoms with Crippen LogP contribution in [0.1, 0.15) is 36.5 Å². The number of hydrogen-bond donors (Lipinski definition) is 1. The van der Waals surface area contributed by atoms with Crippen LogP contribution in [0.5, 0.6) is 5.75 Å². The number of hydrogen-bond acceptors (Lipinski definition) is 3. The first-order chi connectivity index (χ1) is 7.69. The van der Waals surface area contributed by atoms with E-state index in [1.165, 1.54) is 0 Å². The molecular formula is C13H19NO2. The van der Waals surface area contributed by atoms with E-state index < -0.39 is 0 Å². The highest BCUT2D eigenvalue weighted by Crippen LogP contribution is 2.19. The molecule has 1 aromatic carbocycles. The number of rotatable bonds is 6. The quantitative estimate of drug-likeness (QED) is 0.750. The number of benzene rings is 1. The Morgan fingerprint density at radius 1 is 1.44 bits per heavy atom. The molecule has 3 heteroatoms. The molecule has 0 aliphatic carbocycles. The van der Waals surface area contributed by atoms with E-state index in [-0.39, 0.29) is 11.8 Å². The lowest BCUT2D eigenvalue weighted by Gasteiger charge is -2.11. The van der Waals surface area contributed by atoms with Crippen LogP contribution < -0.4 is 10.5 Å². The third kappa shape index (κ3) is 3.35. The number of carbonyl (C=O) groups is 1. The van der Waals surface area contributed by atoms with Gasteiger partial charge in [0.15, 0.2) is 5.78 Å². The van der Waals surface area contributed by atoms with Crippen molar-refractivity contribution in [2.45, 2.75) is 32.2 Å². The Labute approximate surface area is 96.6 Å². The van der Waals surface area contributed by atoms with Gasteiger partial charge in [-0.25, -0.2) is 0 Å². The van der Waals surface area contributed by atoms with E-state index in [9.17, 15) is 4.79 Å². The van der Waals surface area contributed by atoms with Gasteiger partial charge in [0.1, 0.15) is 5.75 Å². The molecular weight excluding hydrogens is 202 g/mol. The monoisotopic (exact) mass is 221 g/mol. The fraction of sp³-hybridized carbons (Fsp3) is 0.462. The van der Waals surface area contributed by atoms with Crippen LogP contribution in [0.25, 0.3) is 0 Å². The number of Topliss-reactive ketones (excluding diaryl/α,β-unsaturated/α-hetero) is 1. The van der Waals surface area contributed by atoms with Crippen molar-refractivity contribution in [1.29, 1.82) is 0 Å². The van der Waals surface area contributed by atoms with E-state index >= 15 is 0 Å². The summed E-state index contributed by atoms with van der Waals surface area (Å²) in [6, 6.07) is 7.20. The topological polar surface area (TPSA) is 52.3 Å². The molecule has 0 radical (unpaired) electrons. The highest BCUT2D eigenvalue weighted by Gasteiger charge is 2.14. The summed E-state index contributed by atoms with van der Waals surface area (Å²) in [7, 11) is 1.57. The first-order valence-corrected chi connectivity index (χ1v) is 5.60. The molecule has 0 saturated heterocycles. The van der Waals surface area contributed by atoms with Gasteiger partial charge in [0, 0.05) is 12.5 Å². The Hall–Kier alpha value is -1.35. The minimum Gasteiger partial charge on any atom is -0.496 e. The summed E-state index contributed by atoms with van der Waals surface area (Å²) in [5.41, 5.74) is 6.47. The number of ketones is 1. The average Bonchev–Trinajstić information content (AvgIpc) is 2.29. The van der Waals surface area contributed by atoms with Gasteiger partial charge in [-0.2, -0.15) is 0 Å². The highest BCUT2D eigenvalue weighted by atomic mass is 16.5. The molecule has 3 nitrogen and oxygen atoms in total. The molecule has 0 bridgehead atoms. The molecule has 0 heterocycles. The molecule has 0 aliphatic rings. The van der Waals surface area contributed by atoms with Crippen molar-refractivity contribution in [3.63, 3.8) is 0 Å². The Balaban J connectivity index is 2.72. The predicted molar refractivity (Wildman–Crippen MR) is 64.8 cm³/mol. The maximum Gasteiger partial charge on any atom is 0.168 e. The Kier molecular flexibility index (Phi) is 4.99. The normalized spacial score (nSPS) is 12.2. The molecule has 0 saturated carbocycles. The standard InChI is InChI=1S/C13H19NO2/c1-3-6-10(14)9-12(15)11-7-4-5-8-13(11)16-2/h4-5,7-8,10H,3,6,9,14H2,1-2H3. The molecule has 16 heavy (non-hydrogen) atoms. The van der Waals surface area contributed by atoms with Gasteiger partial charge in [-0.15, -0.1) is 0 Å². The Morgan fingerprint density at radius 3 is 2.75 bits per heavy atom. The second-order valence-electron chi connectivity index (χ2n) is 3.88. The maximum atomic E-state index is 11.9. The van der Waals surface area contributed by atoms with Gasteiger partial charge in [0.2, 0.25) is 0 Å². The van der Waals surface area contributed by atoms with Crippen LogP contribution >= 0.6 is 0 Å². The molecule has 1 unspecified atom stereocenters. The first kappa shape index (κ1) is 12.7. The number of nitrogens with two attached hydrogens (primary N) is 1. The summed E-state index contributed by atoms with van der Waals surface area (Å²) in [5.74, 6) is 0.676. The van der Waals surface area contributed by atoms with Crippen LogP contribution in [-0.4, -0.2) is 18.9 Å². The lowest BCUT2D eigenvalue weighted by molar-refractivity contribution is 0.0970. The molecule has 0 spiro atoms. The average molecular weight is 221 g/mol. The van der Waals surface area contributed by atoms with Crippen molar-refractivity contribution in [2.24, 2.45) is 5.73 Å². The van der Waals surface area contributed by atoms with E-state index in [1.54, 1.807) is 19.2 Å². The molecule has 88 valence electrons. The van der Waals surface area contributed by atoms with E-state index in [0.717, 1.165) is 12.8 Å². The molecule has 1 rings (SSSR count). The summed E-state index contributed by atoms with van der Waals surface area (Å²) < 4.78 is 5.15. The Bertz CT molecular complexity index is 350. The van der Waals surface area contributed by atoms with Gasteiger partial charge in [0.25, 0.3) is 0 Å². The summed E-state index contributed by atoms with van der Waals surface area (Å²) in [4.78, 5) is 11.9. The minimum atomic E-state index is -0.0533. The van der Waals surface area contributed by atoms with Gasteiger partial charge in [-0.05, 0) is 18.6 Å². The van der Waals surface area contributed by atoms with Crippen molar-refractivity contribution in [3.05, 3.63) is 29.8 Å². The Morgan fingerprint density at radius 2 is 2.12 bits per heavy atom.